The average Bonchev–Trinajstić information content (AvgIpc) is 2.67. The van der Waals surface area contributed by atoms with E-state index in [9.17, 15) is 4.79 Å². The number of hydrogen-bond acceptors (Lipinski definition) is 5. The van der Waals surface area contributed by atoms with Crippen molar-refractivity contribution in [2.45, 2.75) is 6.42 Å². The van der Waals surface area contributed by atoms with Gasteiger partial charge in [-0.2, -0.15) is 0 Å². The lowest BCUT2D eigenvalue weighted by Gasteiger charge is -2.19. The van der Waals surface area contributed by atoms with Gasteiger partial charge in [0.25, 0.3) is 0 Å². The van der Waals surface area contributed by atoms with Crippen LogP contribution in [-0.4, -0.2) is 42.4 Å². The van der Waals surface area contributed by atoms with Gasteiger partial charge in [-0.15, -0.1) is 0 Å². The molecule has 106 valence electrons. The van der Waals surface area contributed by atoms with Crippen molar-refractivity contribution in [1.82, 2.24) is 15.6 Å². The van der Waals surface area contributed by atoms with Gasteiger partial charge >= 0.3 is 0 Å². The Hall–Kier alpha value is -1.44. The topological polar surface area (TPSA) is 67.6 Å². The quantitative estimate of drug-likeness (QED) is 0.897. The maximum Gasteiger partial charge on any atom is 0.242 e. The van der Waals surface area contributed by atoms with Crippen molar-refractivity contribution in [3.05, 3.63) is 28.4 Å². The van der Waals surface area contributed by atoms with Crippen LogP contribution in [0.15, 0.2) is 27.2 Å². The number of amides is 1. The number of carbonyl (C=O) groups excluding carboxylic acids is 1. The minimum Gasteiger partial charge on any atom is -0.378 e. The molecule has 3 rings (SSSR count). The number of hydrazine groups is 1. The molecule has 0 unspecified atom stereocenters. The van der Waals surface area contributed by atoms with Crippen molar-refractivity contribution in [2.24, 2.45) is 0 Å². The minimum atomic E-state index is -0.0364. The highest BCUT2D eigenvalue weighted by Crippen LogP contribution is 2.23. The zero-order chi connectivity index (χ0) is 13.9. The summed E-state index contributed by atoms with van der Waals surface area (Å²) < 4.78 is 11.5. The summed E-state index contributed by atoms with van der Waals surface area (Å²) in [6.45, 7) is 2.34. The number of benzene rings is 1. The normalized spacial score (nSPS) is 16.4. The first-order valence-corrected chi connectivity index (χ1v) is 7.19. The van der Waals surface area contributed by atoms with Crippen LogP contribution in [0.3, 0.4) is 0 Å². The first kappa shape index (κ1) is 13.5. The zero-order valence-electron chi connectivity index (χ0n) is 10.8. The number of hydrogen-bond donors (Lipinski definition) is 1. The van der Waals surface area contributed by atoms with E-state index in [0.29, 0.717) is 37.6 Å². The van der Waals surface area contributed by atoms with E-state index in [-0.39, 0.29) is 12.3 Å². The van der Waals surface area contributed by atoms with Gasteiger partial charge in [0, 0.05) is 16.4 Å². The summed E-state index contributed by atoms with van der Waals surface area (Å²) in [5.41, 5.74) is 4.38. The van der Waals surface area contributed by atoms with Crippen LogP contribution in [0, 0.1) is 0 Å². The van der Waals surface area contributed by atoms with Crippen LogP contribution >= 0.6 is 15.9 Å². The van der Waals surface area contributed by atoms with E-state index in [0.717, 1.165) is 9.86 Å². The van der Waals surface area contributed by atoms with Crippen molar-refractivity contribution < 1.29 is 14.1 Å². The summed E-state index contributed by atoms with van der Waals surface area (Å²) in [6.07, 6.45) is 0.205. The van der Waals surface area contributed by atoms with Crippen LogP contribution in [0.4, 0.5) is 0 Å². The Morgan fingerprint density at radius 2 is 2.35 bits per heavy atom. The molecule has 0 saturated carbocycles. The molecular formula is C13H14BrN3O3. The first-order valence-electron chi connectivity index (χ1n) is 6.39. The maximum absolute atomic E-state index is 12.3. The number of fused-ring (bicyclic) bond motifs is 1. The molecule has 7 heteroatoms. The van der Waals surface area contributed by atoms with Gasteiger partial charge in [-0.1, -0.05) is 21.1 Å². The SMILES string of the molecule is O=C(Cc1noc2ccc(Br)cc12)N1CCOCCN1. The lowest BCUT2D eigenvalue weighted by molar-refractivity contribution is -0.133. The van der Waals surface area contributed by atoms with Crippen molar-refractivity contribution in [3.63, 3.8) is 0 Å². The molecule has 1 aromatic carbocycles. The third kappa shape index (κ3) is 2.84. The molecule has 20 heavy (non-hydrogen) atoms. The summed E-state index contributed by atoms with van der Waals surface area (Å²) in [4.78, 5) is 12.3. The van der Waals surface area contributed by atoms with E-state index in [4.69, 9.17) is 9.26 Å². The summed E-state index contributed by atoms with van der Waals surface area (Å²) in [7, 11) is 0. The number of aromatic nitrogens is 1. The van der Waals surface area contributed by atoms with E-state index in [1.165, 1.54) is 0 Å². The molecule has 2 heterocycles. The lowest BCUT2D eigenvalue weighted by Crippen LogP contribution is -2.44. The van der Waals surface area contributed by atoms with Crippen LogP contribution in [-0.2, 0) is 16.0 Å². The van der Waals surface area contributed by atoms with Crippen molar-refractivity contribution in [2.75, 3.05) is 26.3 Å². The second-order valence-electron chi connectivity index (χ2n) is 4.51. The molecular weight excluding hydrogens is 326 g/mol. The molecule has 2 aromatic rings. The standard InChI is InChI=1S/C13H14BrN3O3/c14-9-1-2-12-10(7-9)11(16-20-12)8-13(18)17-4-6-19-5-3-15-17/h1-2,7,15H,3-6,8H2. The molecule has 1 amide bonds. The first-order chi connectivity index (χ1) is 9.74. The van der Waals surface area contributed by atoms with E-state index in [1.54, 1.807) is 5.01 Å². The van der Waals surface area contributed by atoms with Gasteiger partial charge in [-0.05, 0) is 18.2 Å². The Morgan fingerprint density at radius 1 is 1.45 bits per heavy atom. The molecule has 0 bridgehead atoms. The number of carbonyl (C=O) groups is 1. The fourth-order valence-corrected chi connectivity index (χ4v) is 2.49. The summed E-state index contributed by atoms with van der Waals surface area (Å²) >= 11 is 3.41. The highest BCUT2D eigenvalue weighted by Gasteiger charge is 2.19. The van der Waals surface area contributed by atoms with E-state index in [2.05, 4.69) is 26.5 Å². The Labute approximate surface area is 124 Å². The van der Waals surface area contributed by atoms with Crippen LogP contribution in [0.5, 0.6) is 0 Å². The molecule has 1 saturated heterocycles. The van der Waals surface area contributed by atoms with Gasteiger partial charge in [0.15, 0.2) is 5.58 Å². The van der Waals surface area contributed by atoms with Gasteiger partial charge < -0.3 is 9.26 Å². The van der Waals surface area contributed by atoms with Gasteiger partial charge in [0.1, 0.15) is 5.69 Å². The largest absolute Gasteiger partial charge is 0.378 e. The number of nitrogens with zero attached hydrogens (tertiary/aromatic N) is 2. The molecule has 1 aromatic heterocycles. The van der Waals surface area contributed by atoms with Crippen molar-refractivity contribution in [3.8, 4) is 0 Å². The Kier molecular flexibility index (Phi) is 4.00. The van der Waals surface area contributed by atoms with Crippen LogP contribution in [0.2, 0.25) is 0 Å². The number of ether oxygens (including phenoxy) is 1. The van der Waals surface area contributed by atoms with E-state index >= 15 is 0 Å². The molecule has 0 radical (unpaired) electrons. The third-order valence-corrected chi connectivity index (χ3v) is 3.63. The predicted octanol–water partition coefficient (Wildman–Crippen LogP) is 1.50. The van der Waals surface area contributed by atoms with Crippen LogP contribution in [0.1, 0.15) is 5.69 Å². The molecule has 1 aliphatic heterocycles. The maximum atomic E-state index is 12.3. The number of nitrogens with one attached hydrogen (secondary N) is 1. The molecule has 1 N–H and O–H groups in total. The number of rotatable bonds is 2. The second-order valence-corrected chi connectivity index (χ2v) is 5.43. The molecule has 1 fully saturated rings. The molecule has 6 nitrogen and oxygen atoms in total. The van der Waals surface area contributed by atoms with Crippen LogP contribution < -0.4 is 5.43 Å². The number of halogens is 1. The van der Waals surface area contributed by atoms with Gasteiger partial charge in [0.05, 0.1) is 26.2 Å². The fraction of sp³-hybridized carbons (Fsp3) is 0.385. The summed E-state index contributed by atoms with van der Waals surface area (Å²) in [6, 6.07) is 5.62. The summed E-state index contributed by atoms with van der Waals surface area (Å²) in [5.74, 6) is -0.0364. The van der Waals surface area contributed by atoms with Crippen molar-refractivity contribution in [1.29, 1.82) is 0 Å². The smallest absolute Gasteiger partial charge is 0.242 e. The molecule has 0 aliphatic carbocycles. The van der Waals surface area contributed by atoms with Gasteiger partial charge in [-0.25, -0.2) is 5.43 Å². The third-order valence-electron chi connectivity index (χ3n) is 3.13. The van der Waals surface area contributed by atoms with Gasteiger partial charge in [0.2, 0.25) is 5.91 Å². The Balaban J connectivity index is 1.78. The predicted molar refractivity (Wildman–Crippen MR) is 75.9 cm³/mol. The Bertz CT molecular complexity index is 620. The van der Waals surface area contributed by atoms with E-state index < -0.39 is 0 Å². The van der Waals surface area contributed by atoms with E-state index in [1.807, 2.05) is 18.2 Å². The lowest BCUT2D eigenvalue weighted by atomic mass is 10.1. The molecule has 0 spiro atoms. The van der Waals surface area contributed by atoms with Crippen molar-refractivity contribution >= 4 is 32.8 Å². The average molecular weight is 340 g/mol. The highest BCUT2D eigenvalue weighted by atomic mass is 79.9. The second kappa shape index (κ2) is 5.90. The minimum absolute atomic E-state index is 0.0364. The highest BCUT2D eigenvalue weighted by molar-refractivity contribution is 9.10. The zero-order valence-corrected chi connectivity index (χ0v) is 12.4. The summed E-state index contributed by atoms with van der Waals surface area (Å²) in [5, 5.41) is 6.44. The fourth-order valence-electron chi connectivity index (χ4n) is 2.13. The van der Waals surface area contributed by atoms with Crippen LogP contribution in [0.25, 0.3) is 11.0 Å². The Morgan fingerprint density at radius 3 is 3.25 bits per heavy atom. The molecule has 1 aliphatic rings. The molecule has 0 atom stereocenters. The van der Waals surface area contributed by atoms with Gasteiger partial charge in [-0.3, -0.25) is 9.80 Å². The monoisotopic (exact) mass is 339 g/mol.